The van der Waals surface area contributed by atoms with E-state index in [2.05, 4.69) is 97.6 Å². The van der Waals surface area contributed by atoms with Crippen molar-refractivity contribution in [3.63, 3.8) is 0 Å². The number of ether oxygens (including phenoxy) is 1. The summed E-state index contributed by atoms with van der Waals surface area (Å²) in [5.74, 6) is -0.993. The number of carbonyl (C=O) groups is 1. The van der Waals surface area contributed by atoms with Gasteiger partial charge in [-0.1, -0.05) is 69.0 Å². The molecule has 3 aliphatic rings. The maximum Gasteiger partial charge on any atom is 0.333 e. The number of carbonyl (C=O) groups excluding carboxylic acids is 1. The Kier molecular flexibility index (Phi) is 13.9. The number of fused-ring (bicyclic) bond motifs is 2. The van der Waals surface area contributed by atoms with Crippen LogP contribution in [0.5, 0.6) is 0 Å². The van der Waals surface area contributed by atoms with E-state index in [1.807, 2.05) is 24.3 Å². The average Bonchev–Trinajstić information content (AvgIpc) is 3.49. The highest BCUT2D eigenvalue weighted by atomic mass is 32.2. The molecule has 0 amide bonds. The van der Waals surface area contributed by atoms with Crippen LogP contribution in [0.25, 0.3) is 0 Å². The van der Waals surface area contributed by atoms with E-state index in [9.17, 15) is 30.7 Å². The molecule has 2 heterocycles. The Balaban J connectivity index is 1.53. The molecule has 2 aromatic carbocycles. The van der Waals surface area contributed by atoms with Gasteiger partial charge in [-0.25, -0.2) is 4.79 Å². The quantitative estimate of drug-likeness (QED) is 0.0448. The van der Waals surface area contributed by atoms with Crippen molar-refractivity contribution in [3.8, 4) is 0 Å². The zero-order chi connectivity index (χ0) is 41.6. The standard InChI is InChI=1S/C44H57N3O8S2/c1-32(2)42(48)55-29-26-45-41-33(22-24-39-43(3,4)35-18-7-9-20-37(35)46(39)27-11-13-30-56(49,50)51)16-15-17-34(41)23-25-40-44(5,6)36-19-8-10-21-38(36)47(40)28-12-14-31-57(52,53)54/h7-10,18-25H,1,11-17,26-31H2,2-6H3,(H2,49,50,51,52,53,54)/p+1. The molecule has 0 spiro atoms. The summed E-state index contributed by atoms with van der Waals surface area (Å²) in [7, 11) is -8.08. The largest absolute Gasteiger partial charge is 0.460 e. The van der Waals surface area contributed by atoms with E-state index < -0.39 is 26.2 Å². The number of nitrogens with zero attached hydrogens (tertiary/aromatic N) is 2. The summed E-state index contributed by atoms with van der Waals surface area (Å²) in [6.45, 7) is 15.8. The van der Waals surface area contributed by atoms with Crippen LogP contribution in [-0.4, -0.2) is 79.9 Å². The van der Waals surface area contributed by atoms with Gasteiger partial charge in [0.2, 0.25) is 5.69 Å². The summed E-state index contributed by atoms with van der Waals surface area (Å²) in [5, 5.41) is 3.60. The Morgan fingerprint density at radius 2 is 1.53 bits per heavy atom. The first-order valence-electron chi connectivity index (χ1n) is 19.7. The van der Waals surface area contributed by atoms with Gasteiger partial charge in [-0.05, 0) is 88.1 Å². The molecule has 11 nitrogen and oxygen atoms in total. The van der Waals surface area contributed by atoms with Crippen molar-refractivity contribution in [2.24, 2.45) is 0 Å². The molecule has 308 valence electrons. The van der Waals surface area contributed by atoms with Gasteiger partial charge in [-0.2, -0.15) is 21.4 Å². The van der Waals surface area contributed by atoms with E-state index in [1.54, 1.807) is 6.92 Å². The topological polar surface area (TPSA) is 153 Å². The fourth-order valence-corrected chi connectivity index (χ4v) is 9.30. The molecule has 57 heavy (non-hydrogen) atoms. The molecule has 13 heteroatoms. The van der Waals surface area contributed by atoms with E-state index in [-0.39, 0.29) is 28.9 Å². The molecule has 0 radical (unpaired) electrons. The van der Waals surface area contributed by atoms with E-state index in [0.29, 0.717) is 50.9 Å². The van der Waals surface area contributed by atoms with Gasteiger partial charge in [0.05, 0.1) is 16.9 Å². The van der Waals surface area contributed by atoms with Gasteiger partial charge in [0.25, 0.3) is 20.2 Å². The molecular formula is C44H58N3O8S2+. The smallest absolute Gasteiger partial charge is 0.333 e. The zero-order valence-electron chi connectivity index (χ0n) is 33.9. The minimum absolute atomic E-state index is 0.164. The molecule has 2 aliphatic heterocycles. The van der Waals surface area contributed by atoms with Crippen molar-refractivity contribution in [2.45, 2.75) is 90.4 Å². The van der Waals surface area contributed by atoms with Crippen molar-refractivity contribution in [3.05, 3.63) is 119 Å². The van der Waals surface area contributed by atoms with Gasteiger partial charge in [0.1, 0.15) is 13.2 Å². The predicted molar refractivity (Wildman–Crippen MR) is 227 cm³/mol. The second-order valence-corrected chi connectivity index (χ2v) is 19.3. The number of unbranched alkanes of at least 4 members (excludes halogenated alkanes) is 2. The monoisotopic (exact) mass is 820 g/mol. The van der Waals surface area contributed by atoms with Crippen LogP contribution in [0.2, 0.25) is 0 Å². The number of esters is 1. The second-order valence-electron chi connectivity index (χ2n) is 16.1. The Bertz CT molecular complexity index is 2250. The summed E-state index contributed by atoms with van der Waals surface area (Å²) < 4.78 is 72.1. The van der Waals surface area contributed by atoms with E-state index in [4.69, 9.17) is 4.74 Å². The zero-order valence-corrected chi connectivity index (χ0v) is 35.5. The van der Waals surface area contributed by atoms with Gasteiger partial charge in [0, 0.05) is 65.3 Å². The predicted octanol–water partition coefficient (Wildman–Crippen LogP) is 7.71. The lowest BCUT2D eigenvalue weighted by atomic mass is 9.81. The lowest BCUT2D eigenvalue weighted by Crippen LogP contribution is -2.28. The van der Waals surface area contributed by atoms with Crippen LogP contribution in [0.4, 0.5) is 11.4 Å². The molecular weight excluding hydrogens is 763 g/mol. The third-order valence-corrected chi connectivity index (χ3v) is 12.7. The van der Waals surface area contributed by atoms with Crippen LogP contribution in [-0.2, 0) is 40.6 Å². The molecule has 0 fully saturated rings. The number of benzene rings is 2. The summed E-state index contributed by atoms with van der Waals surface area (Å²) in [6, 6.07) is 16.5. The summed E-state index contributed by atoms with van der Waals surface area (Å²) in [4.78, 5) is 14.4. The number of nitrogens with one attached hydrogen (secondary N) is 1. The Morgan fingerprint density at radius 1 is 0.877 bits per heavy atom. The SMILES string of the molecule is C=C(C)C(=O)OCCNC1=C(C=CC2=[N+](CCCCS(=O)(=O)O)c3ccccc3C2(C)C)CCCC1=CC=C1N(CCCCS(=O)(=O)O)c2ccccc2C1(C)C. The number of para-hydroxylation sites is 2. The third kappa shape index (κ3) is 10.8. The molecule has 0 saturated heterocycles. The third-order valence-electron chi connectivity index (χ3n) is 11.1. The van der Waals surface area contributed by atoms with E-state index >= 15 is 0 Å². The minimum Gasteiger partial charge on any atom is -0.460 e. The molecule has 0 atom stereocenters. The highest BCUT2D eigenvalue weighted by Gasteiger charge is 2.44. The van der Waals surface area contributed by atoms with Gasteiger partial charge in [0.15, 0.2) is 5.71 Å². The van der Waals surface area contributed by atoms with Crippen molar-refractivity contribution < 1.29 is 40.0 Å². The Morgan fingerprint density at radius 3 is 2.21 bits per heavy atom. The molecule has 1 aliphatic carbocycles. The van der Waals surface area contributed by atoms with Crippen molar-refractivity contribution in [2.75, 3.05) is 42.6 Å². The van der Waals surface area contributed by atoms with Crippen LogP contribution in [0.15, 0.2) is 108 Å². The van der Waals surface area contributed by atoms with Gasteiger partial charge >= 0.3 is 5.97 Å². The lowest BCUT2D eigenvalue weighted by Gasteiger charge is -2.28. The summed E-state index contributed by atoms with van der Waals surface area (Å²) in [5.41, 5.74) is 9.59. The van der Waals surface area contributed by atoms with Crippen LogP contribution in [0.1, 0.15) is 90.7 Å². The molecule has 5 rings (SSSR count). The molecule has 2 aromatic rings. The number of rotatable bonds is 18. The number of anilines is 1. The molecule has 0 aromatic heterocycles. The molecule has 3 N–H and O–H groups in total. The summed E-state index contributed by atoms with van der Waals surface area (Å²) >= 11 is 0. The van der Waals surface area contributed by atoms with Gasteiger partial charge < -0.3 is 15.0 Å². The Hall–Kier alpha value is -4.30. The fourth-order valence-electron chi connectivity index (χ4n) is 8.16. The molecule has 0 saturated carbocycles. The van der Waals surface area contributed by atoms with Crippen LogP contribution >= 0.6 is 0 Å². The highest BCUT2D eigenvalue weighted by molar-refractivity contribution is 7.86. The molecule has 0 bridgehead atoms. The average molecular weight is 821 g/mol. The van der Waals surface area contributed by atoms with Crippen molar-refractivity contribution in [1.29, 1.82) is 0 Å². The van der Waals surface area contributed by atoms with Gasteiger partial charge in [-0.3, -0.25) is 9.11 Å². The normalized spacial score (nSPS) is 19.1. The highest BCUT2D eigenvalue weighted by Crippen LogP contribution is 2.48. The number of hydrogen-bond donors (Lipinski definition) is 3. The maximum absolute atomic E-state index is 12.2. The van der Waals surface area contributed by atoms with Crippen LogP contribution in [0.3, 0.4) is 0 Å². The van der Waals surface area contributed by atoms with Crippen molar-refractivity contribution >= 4 is 43.3 Å². The maximum atomic E-state index is 12.2. The van der Waals surface area contributed by atoms with Crippen LogP contribution < -0.4 is 10.2 Å². The number of hydrogen-bond acceptors (Lipinski definition) is 8. The number of allylic oxidation sites excluding steroid dienone is 7. The van der Waals surface area contributed by atoms with Crippen molar-refractivity contribution in [1.82, 2.24) is 5.32 Å². The van der Waals surface area contributed by atoms with Crippen LogP contribution in [0, 0.1) is 0 Å². The minimum atomic E-state index is -4.04. The van der Waals surface area contributed by atoms with E-state index in [1.165, 1.54) is 11.1 Å². The molecule has 0 unspecified atom stereocenters. The summed E-state index contributed by atoms with van der Waals surface area (Å²) in [6.07, 6.45) is 13.1. The first-order chi connectivity index (χ1) is 26.8. The van der Waals surface area contributed by atoms with Gasteiger partial charge in [-0.15, -0.1) is 0 Å². The van der Waals surface area contributed by atoms with E-state index in [0.717, 1.165) is 58.9 Å². The lowest BCUT2D eigenvalue weighted by molar-refractivity contribution is -0.438. The Labute approximate surface area is 339 Å². The first kappa shape index (κ1) is 43.8. The fraction of sp³-hybridized carbons (Fsp3) is 0.455. The second kappa shape index (κ2) is 18.1. The first-order valence-corrected chi connectivity index (χ1v) is 22.9.